The molecule has 176 valence electrons. The molecule has 2 aromatic heterocycles. The first kappa shape index (κ1) is 22.8. The molecule has 0 unspecified atom stereocenters. The Morgan fingerprint density at radius 3 is 2.52 bits per heavy atom. The van der Waals surface area contributed by atoms with E-state index in [2.05, 4.69) is 54.7 Å². The van der Waals surface area contributed by atoms with Crippen LogP contribution >= 0.6 is 0 Å². The molecule has 8 nitrogen and oxygen atoms in total. The maximum Gasteiger partial charge on any atom is 0.233 e. The Kier molecular flexibility index (Phi) is 7.59. The SMILES string of the molecule is CCn1cccc1CNc1nc(Nc2ccc(OC)c(F)c2)nc(NC2CCCCCC2)n1. The lowest BCUT2D eigenvalue weighted by atomic mass is 10.1. The van der Waals surface area contributed by atoms with Gasteiger partial charge in [-0.25, -0.2) is 4.39 Å². The average Bonchev–Trinajstić information content (AvgIpc) is 3.12. The van der Waals surface area contributed by atoms with E-state index in [1.165, 1.54) is 38.9 Å². The smallest absolute Gasteiger partial charge is 0.233 e. The lowest BCUT2D eigenvalue weighted by Crippen LogP contribution is -2.21. The van der Waals surface area contributed by atoms with Crippen molar-refractivity contribution in [2.75, 3.05) is 23.1 Å². The van der Waals surface area contributed by atoms with Crippen molar-refractivity contribution in [1.29, 1.82) is 0 Å². The maximum absolute atomic E-state index is 14.2. The molecule has 3 N–H and O–H groups in total. The van der Waals surface area contributed by atoms with Gasteiger partial charge in [-0.3, -0.25) is 0 Å². The van der Waals surface area contributed by atoms with E-state index in [9.17, 15) is 4.39 Å². The second-order valence-electron chi connectivity index (χ2n) is 8.25. The molecular weight excluding hydrogens is 421 g/mol. The minimum Gasteiger partial charge on any atom is -0.494 e. The summed E-state index contributed by atoms with van der Waals surface area (Å²) < 4.78 is 21.3. The third-order valence-corrected chi connectivity index (χ3v) is 5.92. The van der Waals surface area contributed by atoms with E-state index in [4.69, 9.17) is 4.74 Å². The summed E-state index contributed by atoms with van der Waals surface area (Å²) in [6.07, 6.45) is 9.21. The van der Waals surface area contributed by atoms with Gasteiger partial charge in [0, 0.05) is 36.2 Å². The number of rotatable bonds is 9. The summed E-state index contributed by atoms with van der Waals surface area (Å²) in [7, 11) is 1.44. The topological polar surface area (TPSA) is 88.9 Å². The molecule has 0 aliphatic heterocycles. The average molecular weight is 454 g/mol. The fraction of sp³-hybridized carbons (Fsp3) is 0.458. The number of nitrogens with one attached hydrogen (secondary N) is 3. The first-order valence-corrected chi connectivity index (χ1v) is 11.7. The number of ether oxygens (including phenoxy) is 1. The highest BCUT2D eigenvalue weighted by atomic mass is 19.1. The number of anilines is 4. The Morgan fingerprint density at radius 2 is 1.79 bits per heavy atom. The zero-order chi connectivity index (χ0) is 23.0. The van der Waals surface area contributed by atoms with E-state index in [1.54, 1.807) is 12.1 Å². The van der Waals surface area contributed by atoms with Gasteiger partial charge in [-0.1, -0.05) is 25.7 Å². The zero-order valence-electron chi connectivity index (χ0n) is 19.3. The van der Waals surface area contributed by atoms with Crippen molar-refractivity contribution >= 4 is 23.5 Å². The summed E-state index contributed by atoms with van der Waals surface area (Å²) in [4.78, 5) is 13.7. The minimum absolute atomic E-state index is 0.188. The lowest BCUT2D eigenvalue weighted by molar-refractivity contribution is 0.386. The summed E-state index contributed by atoms with van der Waals surface area (Å²) in [5.74, 6) is 1.06. The molecule has 1 aliphatic carbocycles. The number of benzene rings is 1. The summed E-state index contributed by atoms with van der Waals surface area (Å²) in [6.45, 7) is 3.59. The zero-order valence-corrected chi connectivity index (χ0v) is 19.3. The van der Waals surface area contributed by atoms with E-state index in [1.807, 2.05) is 6.07 Å². The van der Waals surface area contributed by atoms with Gasteiger partial charge in [0.25, 0.3) is 0 Å². The normalized spacial score (nSPS) is 14.5. The van der Waals surface area contributed by atoms with Crippen molar-refractivity contribution in [2.45, 2.75) is 64.6 Å². The van der Waals surface area contributed by atoms with E-state index in [0.717, 1.165) is 25.1 Å². The molecule has 0 saturated heterocycles. The van der Waals surface area contributed by atoms with Gasteiger partial charge in [-0.2, -0.15) is 15.0 Å². The van der Waals surface area contributed by atoms with Crippen molar-refractivity contribution in [1.82, 2.24) is 19.5 Å². The molecule has 0 amide bonds. The second kappa shape index (κ2) is 11.0. The van der Waals surface area contributed by atoms with Gasteiger partial charge in [0.15, 0.2) is 11.6 Å². The number of nitrogens with zero attached hydrogens (tertiary/aromatic N) is 4. The highest BCUT2D eigenvalue weighted by Crippen LogP contribution is 2.24. The molecule has 1 fully saturated rings. The number of aryl methyl sites for hydroxylation is 1. The first-order valence-electron chi connectivity index (χ1n) is 11.7. The molecule has 1 saturated carbocycles. The number of aromatic nitrogens is 4. The molecule has 1 aromatic carbocycles. The minimum atomic E-state index is -0.452. The Balaban J connectivity index is 1.55. The number of hydrogen-bond donors (Lipinski definition) is 3. The molecule has 33 heavy (non-hydrogen) atoms. The molecule has 2 heterocycles. The van der Waals surface area contributed by atoms with Crippen LogP contribution in [0.25, 0.3) is 0 Å². The Labute approximate surface area is 194 Å². The number of hydrogen-bond acceptors (Lipinski definition) is 7. The molecule has 0 spiro atoms. The van der Waals surface area contributed by atoms with E-state index in [-0.39, 0.29) is 5.75 Å². The first-order chi connectivity index (χ1) is 16.1. The molecule has 4 rings (SSSR count). The third kappa shape index (κ3) is 6.12. The maximum atomic E-state index is 14.2. The van der Waals surface area contributed by atoms with Crippen molar-refractivity contribution in [3.8, 4) is 5.75 Å². The van der Waals surface area contributed by atoms with Gasteiger partial charge in [0.1, 0.15) is 0 Å². The largest absolute Gasteiger partial charge is 0.494 e. The van der Waals surface area contributed by atoms with Crippen LogP contribution in [-0.4, -0.2) is 32.7 Å². The van der Waals surface area contributed by atoms with Crippen molar-refractivity contribution in [3.63, 3.8) is 0 Å². The van der Waals surface area contributed by atoms with Crippen molar-refractivity contribution < 1.29 is 9.13 Å². The van der Waals surface area contributed by atoms with E-state index >= 15 is 0 Å². The van der Waals surface area contributed by atoms with Crippen molar-refractivity contribution in [2.24, 2.45) is 0 Å². The van der Waals surface area contributed by atoms with Gasteiger partial charge in [0.2, 0.25) is 17.8 Å². The van der Waals surface area contributed by atoms with Crippen LogP contribution in [0.15, 0.2) is 36.5 Å². The van der Waals surface area contributed by atoms with Crippen LogP contribution in [0, 0.1) is 5.82 Å². The Hall–Kier alpha value is -3.36. The Morgan fingerprint density at radius 1 is 1.03 bits per heavy atom. The van der Waals surface area contributed by atoms with Crippen LogP contribution in [0.2, 0.25) is 0 Å². The fourth-order valence-corrected chi connectivity index (χ4v) is 4.14. The Bertz CT molecular complexity index is 1050. The lowest BCUT2D eigenvalue weighted by Gasteiger charge is -2.17. The number of halogens is 1. The van der Waals surface area contributed by atoms with Gasteiger partial charge < -0.3 is 25.3 Å². The molecular formula is C24H32FN7O. The van der Waals surface area contributed by atoms with Crippen LogP contribution < -0.4 is 20.7 Å². The molecule has 0 radical (unpaired) electrons. The fourth-order valence-electron chi connectivity index (χ4n) is 4.14. The summed E-state index contributed by atoms with van der Waals surface area (Å²) >= 11 is 0. The highest BCUT2D eigenvalue weighted by Gasteiger charge is 2.15. The van der Waals surface area contributed by atoms with Gasteiger partial charge in [-0.15, -0.1) is 0 Å². The van der Waals surface area contributed by atoms with Crippen LogP contribution in [0.4, 0.5) is 27.9 Å². The van der Waals surface area contributed by atoms with Crippen molar-refractivity contribution in [3.05, 3.63) is 48.0 Å². The molecule has 0 atom stereocenters. The summed E-state index contributed by atoms with van der Waals surface area (Å²) in [6, 6.07) is 9.10. The number of methoxy groups -OCH3 is 1. The van der Waals surface area contributed by atoms with E-state index < -0.39 is 5.82 Å². The van der Waals surface area contributed by atoms with Gasteiger partial charge >= 0.3 is 0 Å². The summed E-state index contributed by atoms with van der Waals surface area (Å²) in [5.41, 5.74) is 1.67. The van der Waals surface area contributed by atoms with Crippen LogP contribution in [0.5, 0.6) is 5.75 Å². The van der Waals surface area contributed by atoms with Crippen LogP contribution in [0.1, 0.15) is 51.1 Å². The van der Waals surface area contributed by atoms with Crippen LogP contribution in [0.3, 0.4) is 0 Å². The van der Waals surface area contributed by atoms with Crippen LogP contribution in [-0.2, 0) is 13.1 Å². The predicted octanol–water partition coefficient (Wildman–Crippen LogP) is 5.33. The highest BCUT2D eigenvalue weighted by molar-refractivity contribution is 5.57. The molecule has 9 heteroatoms. The summed E-state index contributed by atoms with van der Waals surface area (Å²) in [5, 5.41) is 9.90. The monoisotopic (exact) mass is 453 g/mol. The molecule has 1 aliphatic rings. The van der Waals surface area contributed by atoms with Gasteiger partial charge in [0.05, 0.1) is 13.7 Å². The standard InChI is InChI=1S/C24H32FN7O/c1-3-32-14-8-11-19(32)16-26-22-29-23(27-17-9-6-4-5-7-10-17)31-24(30-22)28-18-12-13-21(33-2)20(25)15-18/h8,11-15,17H,3-7,9-10,16H2,1-2H3,(H3,26,27,28,29,30,31). The second-order valence-corrected chi connectivity index (χ2v) is 8.25. The molecule has 3 aromatic rings. The predicted molar refractivity (Wildman–Crippen MR) is 129 cm³/mol. The molecule has 0 bridgehead atoms. The van der Waals surface area contributed by atoms with E-state index in [0.29, 0.717) is 36.1 Å². The third-order valence-electron chi connectivity index (χ3n) is 5.92. The quantitative estimate of drug-likeness (QED) is 0.377. The van der Waals surface area contributed by atoms with Gasteiger partial charge in [-0.05, 0) is 44.0 Å².